The van der Waals surface area contributed by atoms with Crippen LogP contribution in [0.3, 0.4) is 0 Å². The second-order valence-corrected chi connectivity index (χ2v) is 4.09. The van der Waals surface area contributed by atoms with Gasteiger partial charge in [-0.25, -0.2) is 0 Å². The molecule has 1 amide bonds. The molecule has 0 radical (unpaired) electrons. The number of aromatic amines is 1. The Bertz CT molecular complexity index is 593. The number of benzene rings is 1. The molecule has 0 aliphatic carbocycles. The lowest BCUT2D eigenvalue weighted by Gasteiger charge is -2.07. The van der Waals surface area contributed by atoms with Gasteiger partial charge in [0, 0.05) is 23.4 Å². The number of hydrogen-bond acceptors (Lipinski definition) is 4. The zero-order valence-electron chi connectivity index (χ0n) is 10.7. The number of amides is 1. The smallest absolute Gasteiger partial charge is 0.251 e. The summed E-state index contributed by atoms with van der Waals surface area (Å²) in [7, 11) is 1.44. The number of carbonyl (C=O) groups excluding carboxylic acids is 1. The Kier molecular flexibility index (Phi) is 3.70. The molecule has 6 heteroatoms. The summed E-state index contributed by atoms with van der Waals surface area (Å²) in [5.41, 5.74) is 2.28. The van der Waals surface area contributed by atoms with E-state index >= 15 is 0 Å². The molecule has 19 heavy (non-hydrogen) atoms. The normalized spacial score (nSPS) is 10.2. The van der Waals surface area contributed by atoms with Gasteiger partial charge < -0.3 is 15.2 Å². The fourth-order valence-corrected chi connectivity index (χ4v) is 1.65. The van der Waals surface area contributed by atoms with E-state index in [9.17, 15) is 9.90 Å². The summed E-state index contributed by atoms with van der Waals surface area (Å²) >= 11 is 0. The number of hydrogen-bond donors (Lipinski definition) is 3. The van der Waals surface area contributed by atoms with Crippen LogP contribution < -0.4 is 10.1 Å². The number of phenols is 1. The number of nitrogens with zero attached hydrogens (tertiary/aromatic N) is 1. The van der Waals surface area contributed by atoms with E-state index in [2.05, 4.69) is 15.5 Å². The van der Waals surface area contributed by atoms with Gasteiger partial charge in [-0.3, -0.25) is 9.89 Å². The van der Waals surface area contributed by atoms with E-state index in [-0.39, 0.29) is 17.4 Å². The number of aryl methyl sites for hydroxylation is 1. The average Bonchev–Trinajstić information content (AvgIpc) is 2.82. The topological polar surface area (TPSA) is 87.2 Å². The van der Waals surface area contributed by atoms with Crippen molar-refractivity contribution in [2.24, 2.45) is 0 Å². The third kappa shape index (κ3) is 2.85. The number of phenolic OH excluding ortho intramolecular Hbond substituents is 1. The van der Waals surface area contributed by atoms with Gasteiger partial charge in [0.15, 0.2) is 11.5 Å². The zero-order chi connectivity index (χ0) is 13.8. The summed E-state index contributed by atoms with van der Waals surface area (Å²) in [5.74, 6) is 0.0378. The molecule has 0 spiro atoms. The van der Waals surface area contributed by atoms with Crippen LogP contribution in [0.25, 0.3) is 0 Å². The molecule has 1 heterocycles. The number of nitrogens with one attached hydrogen (secondary N) is 2. The van der Waals surface area contributed by atoms with Gasteiger partial charge in [-0.2, -0.15) is 5.10 Å². The van der Waals surface area contributed by atoms with Crippen LogP contribution in [0.2, 0.25) is 0 Å². The Hall–Kier alpha value is -2.50. The quantitative estimate of drug-likeness (QED) is 0.775. The molecule has 0 aliphatic rings. The van der Waals surface area contributed by atoms with E-state index in [1.165, 1.54) is 25.3 Å². The van der Waals surface area contributed by atoms with Crippen LogP contribution in [0.4, 0.5) is 0 Å². The van der Waals surface area contributed by atoms with Crippen molar-refractivity contribution >= 4 is 5.91 Å². The van der Waals surface area contributed by atoms with Crippen LogP contribution in [0.1, 0.15) is 21.6 Å². The molecule has 3 N–H and O–H groups in total. The molecule has 0 fully saturated rings. The summed E-state index contributed by atoms with van der Waals surface area (Å²) in [6.45, 7) is 2.28. The lowest BCUT2D eigenvalue weighted by molar-refractivity contribution is 0.0950. The third-order valence-corrected chi connectivity index (χ3v) is 2.82. The maximum absolute atomic E-state index is 12.0. The van der Waals surface area contributed by atoms with Crippen molar-refractivity contribution in [3.05, 3.63) is 41.2 Å². The summed E-state index contributed by atoms with van der Waals surface area (Å²) in [6.07, 6.45) is 1.67. The van der Waals surface area contributed by atoms with Crippen molar-refractivity contribution < 1.29 is 14.6 Å². The van der Waals surface area contributed by atoms with E-state index in [0.29, 0.717) is 12.1 Å². The maximum Gasteiger partial charge on any atom is 0.251 e. The second-order valence-electron chi connectivity index (χ2n) is 4.09. The molecule has 6 nitrogen and oxygen atoms in total. The van der Waals surface area contributed by atoms with Crippen molar-refractivity contribution in [1.29, 1.82) is 0 Å². The number of H-pyrrole nitrogens is 1. The summed E-state index contributed by atoms with van der Waals surface area (Å²) < 4.78 is 4.96. The number of aromatic hydroxyl groups is 1. The van der Waals surface area contributed by atoms with E-state index in [4.69, 9.17) is 4.74 Å². The van der Waals surface area contributed by atoms with E-state index in [1.54, 1.807) is 6.20 Å². The van der Waals surface area contributed by atoms with E-state index in [1.807, 2.05) is 6.92 Å². The molecule has 0 atom stereocenters. The number of rotatable bonds is 4. The Morgan fingerprint density at radius 2 is 2.32 bits per heavy atom. The van der Waals surface area contributed by atoms with Crippen molar-refractivity contribution in [2.45, 2.75) is 13.5 Å². The first-order chi connectivity index (χ1) is 9.11. The highest BCUT2D eigenvalue weighted by atomic mass is 16.5. The van der Waals surface area contributed by atoms with Gasteiger partial charge in [-0.1, -0.05) is 0 Å². The highest BCUT2D eigenvalue weighted by Gasteiger charge is 2.10. The molecular weight excluding hydrogens is 246 g/mol. The molecule has 0 bridgehead atoms. The first-order valence-electron chi connectivity index (χ1n) is 5.76. The minimum absolute atomic E-state index is 0.00438. The van der Waals surface area contributed by atoms with Crippen molar-refractivity contribution in [1.82, 2.24) is 15.5 Å². The minimum Gasteiger partial charge on any atom is -0.504 e. The van der Waals surface area contributed by atoms with Crippen molar-refractivity contribution in [3.63, 3.8) is 0 Å². The van der Waals surface area contributed by atoms with Crippen LogP contribution in [0, 0.1) is 6.92 Å². The first-order valence-corrected chi connectivity index (χ1v) is 5.76. The molecule has 2 aromatic rings. The number of aromatic nitrogens is 2. The monoisotopic (exact) mass is 261 g/mol. The molecule has 0 aliphatic heterocycles. The Morgan fingerprint density at radius 1 is 1.53 bits per heavy atom. The van der Waals surface area contributed by atoms with Crippen LogP contribution in [-0.2, 0) is 6.54 Å². The molecule has 1 aromatic carbocycles. The van der Waals surface area contributed by atoms with Crippen molar-refractivity contribution in [3.8, 4) is 11.5 Å². The number of methoxy groups -OCH3 is 1. The minimum atomic E-state index is -0.237. The van der Waals surface area contributed by atoms with E-state index in [0.717, 1.165) is 11.3 Å². The largest absolute Gasteiger partial charge is 0.504 e. The zero-order valence-corrected chi connectivity index (χ0v) is 10.7. The number of carbonyl (C=O) groups is 1. The molecule has 100 valence electrons. The lowest BCUT2D eigenvalue weighted by atomic mass is 10.2. The maximum atomic E-state index is 12.0. The summed E-state index contributed by atoms with van der Waals surface area (Å²) in [5, 5.41) is 18.9. The fraction of sp³-hybridized carbons (Fsp3) is 0.231. The predicted molar refractivity (Wildman–Crippen MR) is 69.2 cm³/mol. The van der Waals surface area contributed by atoms with Crippen LogP contribution in [0.15, 0.2) is 24.4 Å². The van der Waals surface area contributed by atoms with Gasteiger partial charge in [-0.05, 0) is 25.1 Å². The fourth-order valence-electron chi connectivity index (χ4n) is 1.65. The van der Waals surface area contributed by atoms with Gasteiger partial charge in [0.25, 0.3) is 5.91 Å². The lowest BCUT2D eigenvalue weighted by Crippen LogP contribution is -2.22. The SMILES string of the molecule is COc1cc(C(=O)NCc2cn[nH]c2C)ccc1O. The van der Waals surface area contributed by atoms with E-state index < -0.39 is 0 Å². The van der Waals surface area contributed by atoms with Gasteiger partial charge in [-0.15, -0.1) is 0 Å². The second kappa shape index (κ2) is 5.43. The standard InChI is InChI=1S/C13H15N3O3/c1-8-10(7-15-16-8)6-14-13(18)9-3-4-11(17)12(5-9)19-2/h3-5,7,17H,6H2,1-2H3,(H,14,18)(H,15,16). The van der Waals surface area contributed by atoms with Crippen LogP contribution >= 0.6 is 0 Å². The van der Waals surface area contributed by atoms with Crippen molar-refractivity contribution in [2.75, 3.05) is 7.11 Å². The molecule has 0 saturated heterocycles. The van der Waals surface area contributed by atoms with Gasteiger partial charge in [0.1, 0.15) is 0 Å². The third-order valence-electron chi connectivity index (χ3n) is 2.82. The Morgan fingerprint density at radius 3 is 2.95 bits per heavy atom. The van der Waals surface area contributed by atoms with Crippen LogP contribution in [0.5, 0.6) is 11.5 Å². The molecule has 0 saturated carbocycles. The molecular formula is C13H15N3O3. The summed E-state index contributed by atoms with van der Waals surface area (Å²) in [4.78, 5) is 12.0. The Labute approximate surface area is 110 Å². The first kappa shape index (κ1) is 12.9. The molecule has 1 aromatic heterocycles. The highest BCUT2D eigenvalue weighted by Crippen LogP contribution is 2.26. The molecule has 0 unspecified atom stereocenters. The van der Waals surface area contributed by atoms with Crippen LogP contribution in [-0.4, -0.2) is 28.3 Å². The van der Waals surface area contributed by atoms with Gasteiger partial charge in [0.2, 0.25) is 0 Å². The Balaban J connectivity index is 2.06. The molecule has 2 rings (SSSR count). The van der Waals surface area contributed by atoms with Gasteiger partial charge >= 0.3 is 0 Å². The number of ether oxygens (including phenoxy) is 1. The predicted octanol–water partition coefficient (Wildman–Crippen LogP) is 1.36. The average molecular weight is 261 g/mol. The van der Waals surface area contributed by atoms with Gasteiger partial charge in [0.05, 0.1) is 13.3 Å². The highest BCUT2D eigenvalue weighted by molar-refractivity contribution is 5.94. The summed E-state index contributed by atoms with van der Waals surface area (Å²) in [6, 6.07) is 4.46.